The Morgan fingerprint density at radius 1 is 1.09 bits per heavy atom. The fraction of sp³-hybridized carbons (Fsp3) is 0.520. The molecule has 1 aliphatic heterocycles. The van der Waals surface area contributed by atoms with Gasteiger partial charge in [-0.1, -0.05) is 26.0 Å². The Bertz CT molecular complexity index is 859. The number of hydrogen-bond donors (Lipinski definition) is 2. The van der Waals surface area contributed by atoms with Gasteiger partial charge in [-0.25, -0.2) is 4.98 Å². The zero-order valence-electron chi connectivity index (χ0n) is 20.1. The Morgan fingerprint density at radius 2 is 1.81 bits per heavy atom. The number of nitrogens with zero attached hydrogens (tertiary/aromatic N) is 4. The molecule has 3 rings (SSSR count). The van der Waals surface area contributed by atoms with Crippen molar-refractivity contribution in [2.24, 2.45) is 10.9 Å². The van der Waals surface area contributed by atoms with Crippen molar-refractivity contribution < 1.29 is 4.74 Å². The predicted molar refractivity (Wildman–Crippen MR) is 132 cm³/mol. The summed E-state index contributed by atoms with van der Waals surface area (Å²) in [5.41, 5.74) is 2.38. The van der Waals surface area contributed by atoms with Crippen LogP contribution in [0.15, 0.2) is 47.6 Å². The average Bonchev–Trinajstić information content (AvgIpc) is 2.81. The van der Waals surface area contributed by atoms with Crippen LogP contribution < -0.4 is 20.3 Å². The molecule has 7 heteroatoms. The third-order valence-electron chi connectivity index (χ3n) is 5.64. The molecule has 0 saturated carbocycles. The normalized spacial score (nSPS) is 16.2. The van der Waals surface area contributed by atoms with Crippen LogP contribution in [0.3, 0.4) is 0 Å². The highest BCUT2D eigenvalue weighted by molar-refractivity contribution is 5.80. The summed E-state index contributed by atoms with van der Waals surface area (Å²) in [5.74, 6) is 3.25. The minimum absolute atomic E-state index is 0.124. The summed E-state index contributed by atoms with van der Waals surface area (Å²) in [6, 6.07) is 12.6. The molecule has 1 unspecified atom stereocenters. The number of ether oxygens (including phenoxy) is 1. The fourth-order valence-corrected chi connectivity index (χ4v) is 3.56. The van der Waals surface area contributed by atoms with Gasteiger partial charge in [-0.3, -0.25) is 4.99 Å². The van der Waals surface area contributed by atoms with Crippen molar-refractivity contribution in [2.45, 2.75) is 33.4 Å². The molecule has 0 radical (unpaired) electrons. The molecule has 0 spiro atoms. The first-order valence-electron chi connectivity index (χ1n) is 11.5. The van der Waals surface area contributed by atoms with Crippen molar-refractivity contribution in [1.82, 2.24) is 20.5 Å². The Morgan fingerprint density at radius 3 is 2.47 bits per heavy atom. The fourth-order valence-electron chi connectivity index (χ4n) is 3.56. The second kappa shape index (κ2) is 11.7. The van der Waals surface area contributed by atoms with Crippen LogP contribution in [0.5, 0.6) is 5.75 Å². The monoisotopic (exact) mass is 438 g/mol. The number of hydrogen-bond acceptors (Lipinski definition) is 5. The molecule has 1 aliphatic rings. The maximum atomic E-state index is 5.78. The molecule has 0 amide bonds. The maximum Gasteiger partial charge on any atom is 0.191 e. The quantitative estimate of drug-likeness (QED) is 0.487. The molecule has 7 nitrogen and oxygen atoms in total. The Hall–Kier alpha value is -2.80. The number of rotatable bonds is 8. The van der Waals surface area contributed by atoms with E-state index in [0.29, 0.717) is 12.5 Å². The molecule has 1 aromatic heterocycles. The summed E-state index contributed by atoms with van der Waals surface area (Å²) in [5, 5.41) is 6.90. The van der Waals surface area contributed by atoms with Crippen LogP contribution >= 0.6 is 0 Å². The highest BCUT2D eigenvalue weighted by atomic mass is 16.5. The third kappa shape index (κ3) is 7.12. The number of benzene rings is 1. The highest BCUT2D eigenvalue weighted by Crippen LogP contribution is 2.18. The van der Waals surface area contributed by atoms with Crippen LogP contribution in [-0.4, -0.2) is 62.7 Å². The van der Waals surface area contributed by atoms with Crippen LogP contribution in [0.4, 0.5) is 5.82 Å². The zero-order chi connectivity index (χ0) is 22.9. The molecule has 0 bridgehead atoms. The first-order valence-corrected chi connectivity index (χ1v) is 11.5. The zero-order valence-corrected chi connectivity index (χ0v) is 20.1. The largest absolute Gasteiger partial charge is 0.493 e. The van der Waals surface area contributed by atoms with Crippen molar-refractivity contribution in [3.63, 3.8) is 0 Å². The van der Waals surface area contributed by atoms with Gasteiger partial charge in [-0.05, 0) is 55.3 Å². The lowest BCUT2D eigenvalue weighted by atomic mass is 10.1. The van der Waals surface area contributed by atoms with E-state index in [0.717, 1.165) is 50.3 Å². The molecule has 1 aromatic carbocycles. The Kier molecular flexibility index (Phi) is 8.73. The first-order chi connectivity index (χ1) is 15.4. The predicted octanol–water partition coefficient (Wildman–Crippen LogP) is 3.29. The van der Waals surface area contributed by atoms with Gasteiger partial charge >= 0.3 is 0 Å². The second-order valence-corrected chi connectivity index (χ2v) is 8.88. The molecule has 32 heavy (non-hydrogen) atoms. The molecule has 2 aromatic rings. The molecule has 1 fully saturated rings. The van der Waals surface area contributed by atoms with Crippen molar-refractivity contribution in [2.75, 3.05) is 51.8 Å². The SMILES string of the molecule is CN=C(NCc1ccnc(N2CCN(C)CC2)c1)NC(C)c1ccc(OCC(C)C)cc1. The maximum absolute atomic E-state index is 5.78. The van der Waals surface area contributed by atoms with Gasteiger partial charge < -0.3 is 25.2 Å². The van der Waals surface area contributed by atoms with Gasteiger partial charge in [0, 0.05) is 46.0 Å². The summed E-state index contributed by atoms with van der Waals surface area (Å²) in [6.07, 6.45) is 1.90. The van der Waals surface area contributed by atoms with E-state index in [-0.39, 0.29) is 6.04 Å². The molecule has 2 N–H and O–H groups in total. The lowest BCUT2D eigenvalue weighted by molar-refractivity contribution is 0.271. The number of aliphatic imine (C=N–C) groups is 1. The summed E-state index contributed by atoms with van der Waals surface area (Å²) < 4.78 is 5.78. The van der Waals surface area contributed by atoms with E-state index in [4.69, 9.17) is 4.74 Å². The Labute approximate surface area is 192 Å². The third-order valence-corrected chi connectivity index (χ3v) is 5.64. The van der Waals surface area contributed by atoms with Gasteiger partial charge in [0.05, 0.1) is 12.6 Å². The van der Waals surface area contributed by atoms with Crippen LogP contribution in [0.2, 0.25) is 0 Å². The van der Waals surface area contributed by atoms with Crippen molar-refractivity contribution in [1.29, 1.82) is 0 Å². The van der Waals surface area contributed by atoms with Gasteiger partial charge in [0.15, 0.2) is 5.96 Å². The number of nitrogens with one attached hydrogen (secondary N) is 2. The second-order valence-electron chi connectivity index (χ2n) is 8.88. The first kappa shape index (κ1) is 23.9. The van der Waals surface area contributed by atoms with Crippen molar-refractivity contribution in [3.8, 4) is 5.75 Å². The van der Waals surface area contributed by atoms with Gasteiger partial charge in [0.1, 0.15) is 11.6 Å². The molecule has 1 saturated heterocycles. The number of pyridine rings is 1. The molecule has 1 atom stereocenters. The van der Waals surface area contributed by atoms with E-state index in [2.05, 4.69) is 82.5 Å². The number of likely N-dealkylation sites (N-methyl/N-ethyl adjacent to an activating group) is 1. The van der Waals surface area contributed by atoms with E-state index < -0.39 is 0 Å². The van der Waals surface area contributed by atoms with Crippen LogP contribution in [-0.2, 0) is 6.54 Å². The van der Waals surface area contributed by atoms with Crippen molar-refractivity contribution >= 4 is 11.8 Å². The standard InChI is InChI=1S/C25H38N6O/c1-19(2)18-32-23-8-6-22(7-9-23)20(3)29-25(26-4)28-17-21-10-11-27-24(16-21)31-14-12-30(5)13-15-31/h6-11,16,19-20H,12-15,17-18H2,1-5H3,(H2,26,28,29). The summed E-state index contributed by atoms with van der Waals surface area (Å²) in [7, 11) is 3.97. The number of aromatic nitrogens is 1. The minimum atomic E-state index is 0.124. The number of anilines is 1. The molecule has 174 valence electrons. The van der Waals surface area contributed by atoms with E-state index in [1.165, 1.54) is 11.1 Å². The van der Waals surface area contributed by atoms with E-state index in [1.807, 2.05) is 18.3 Å². The molecule has 0 aliphatic carbocycles. The average molecular weight is 439 g/mol. The molecular formula is C25H38N6O. The molecule has 2 heterocycles. The minimum Gasteiger partial charge on any atom is -0.493 e. The number of piperazine rings is 1. The summed E-state index contributed by atoms with van der Waals surface area (Å²) >= 11 is 0. The number of guanidine groups is 1. The lowest BCUT2D eigenvalue weighted by Crippen LogP contribution is -2.44. The Balaban J connectivity index is 1.52. The van der Waals surface area contributed by atoms with E-state index in [1.54, 1.807) is 7.05 Å². The smallest absolute Gasteiger partial charge is 0.191 e. The lowest BCUT2D eigenvalue weighted by Gasteiger charge is -2.33. The van der Waals surface area contributed by atoms with Gasteiger partial charge in [-0.2, -0.15) is 0 Å². The van der Waals surface area contributed by atoms with Crippen molar-refractivity contribution in [3.05, 3.63) is 53.7 Å². The van der Waals surface area contributed by atoms with Crippen LogP contribution in [0.25, 0.3) is 0 Å². The van der Waals surface area contributed by atoms with Gasteiger partial charge in [-0.15, -0.1) is 0 Å². The highest BCUT2D eigenvalue weighted by Gasteiger charge is 2.15. The summed E-state index contributed by atoms with van der Waals surface area (Å²) in [6.45, 7) is 12.0. The molecular weight excluding hydrogens is 400 g/mol. The van der Waals surface area contributed by atoms with E-state index in [9.17, 15) is 0 Å². The topological polar surface area (TPSA) is 65.0 Å². The van der Waals surface area contributed by atoms with Gasteiger partial charge in [0.25, 0.3) is 0 Å². The van der Waals surface area contributed by atoms with Crippen LogP contribution in [0.1, 0.15) is 37.9 Å². The van der Waals surface area contributed by atoms with Gasteiger partial charge in [0.2, 0.25) is 0 Å². The van der Waals surface area contributed by atoms with Crippen LogP contribution in [0, 0.1) is 5.92 Å². The summed E-state index contributed by atoms with van der Waals surface area (Å²) in [4.78, 5) is 13.7. The van der Waals surface area contributed by atoms with E-state index >= 15 is 0 Å².